The molecular formula is C16H28ClN3O3. The Kier molecular flexibility index (Phi) is 8.02. The highest BCUT2D eigenvalue weighted by atomic mass is 35.5. The summed E-state index contributed by atoms with van der Waals surface area (Å²) in [6.45, 7) is 7.83. The van der Waals surface area contributed by atoms with Crippen molar-refractivity contribution in [2.24, 2.45) is 11.7 Å². The number of halogens is 1. The van der Waals surface area contributed by atoms with E-state index in [2.05, 4.69) is 25.8 Å². The molecule has 2 rings (SSSR count). The van der Waals surface area contributed by atoms with Gasteiger partial charge in [0.15, 0.2) is 5.69 Å². The average Bonchev–Trinajstić information content (AvgIpc) is 3.00. The van der Waals surface area contributed by atoms with Gasteiger partial charge in [-0.2, -0.15) is 0 Å². The highest BCUT2D eigenvalue weighted by molar-refractivity contribution is 5.92. The van der Waals surface area contributed by atoms with Crippen LogP contribution in [0.2, 0.25) is 0 Å². The van der Waals surface area contributed by atoms with E-state index in [0.29, 0.717) is 30.6 Å². The van der Waals surface area contributed by atoms with E-state index >= 15 is 0 Å². The molecule has 1 saturated heterocycles. The minimum Gasteiger partial charge on any atom is -0.447 e. The number of hydrogen-bond acceptors (Lipinski definition) is 5. The van der Waals surface area contributed by atoms with E-state index in [4.69, 9.17) is 14.9 Å². The van der Waals surface area contributed by atoms with E-state index in [-0.39, 0.29) is 37.1 Å². The molecule has 1 aliphatic heterocycles. The molecule has 0 aromatic carbocycles. The zero-order valence-electron chi connectivity index (χ0n) is 14.2. The summed E-state index contributed by atoms with van der Waals surface area (Å²) in [5.41, 5.74) is 5.81. The lowest BCUT2D eigenvalue weighted by atomic mass is 10.0. The molecule has 0 spiro atoms. The molecule has 0 saturated carbocycles. The maximum absolute atomic E-state index is 12.6. The average molecular weight is 346 g/mol. The van der Waals surface area contributed by atoms with Crippen molar-refractivity contribution >= 4 is 18.3 Å². The van der Waals surface area contributed by atoms with Crippen LogP contribution >= 0.6 is 12.4 Å². The first-order chi connectivity index (χ1) is 10.5. The van der Waals surface area contributed by atoms with Gasteiger partial charge in [0.05, 0.1) is 18.8 Å². The number of aromatic nitrogens is 1. The number of amides is 1. The molecule has 6 nitrogen and oxygen atoms in total. The van der Waals surface area contributed by atoms with Gasteiger partial charge in [-0.25, -0.2) is 4.98 Å². The quantitative estimate of drug-likeness (QED) is 0.857. The van der Waals surface area contributed by atoms with E-state index in [1.807, 2.05) is 4.90 Å². The van der Waals surface area contributed by atoms with E-state index in [9.17, 15) is 4.79 Å². The van der Waals surface area contributed by atoms with Gasteiger partial charge in [-0.15, -0.1) is 12.4 Å². The minimum atomic E-state index is -0.0982. The Labute approximate surface area is 144 Å². The van der Waals surface area contributed by atoms with Crippen LogP contribution in [0, 0.1) is 5.92 Å². The van der Waals surface area contributed by atoms with Crippen LogP contribution in [0.5, 0.6) is 0 Å². The van der Waals surface area contributed by atoms with Crippen molar-refractivity contribution in [3.63, 3.8) is 0 Å². The summed E-state index contributed by atoms with van der Waals surface area (Å²) in [6.07, 6.45) is 4.79. The van der Waals surface area contributed by atoms with Crippen molar-refractivity contribution in [1.82, 2.24) is 9.88 Å². The van der Waals surface area contributed by atoms with Crippen LogP contribution in [-0.4, -0.2) is 41.1 Å². The van der Waals surface area contributed by atoms with E-state index < -0.39 is 0 Å². The van der Waals surface area contributed by atoms with Gasteiger partial charge in [-0.1, -0.05) is 33.6 Å². The first-order valence-corrected chi connectivity index (χ1v) is 8.14. The number of oxazole rings is 1. The number of unbranched alkanes of at least 4 members (excludes halogenated alkanes) is 1. The normalized spacial score (nSPS) is 21.3. The van der Waals surface area contributed by atoms with Crippen molar-refractivity contribution in [1.29, 1.82) is 0 Å². The predicted molar refractivity (Wildman–Crippen MR) is 90.6 cm³/mol. The highest BCUT2D eigenvalue weighted by Crippen LogP contribution is 2.22. The first-order valence-electron chi connectivity index (χ1n) is 8.14. The van der Waals surface area contributed by atoms with Gasteiger partial charge in [0.25, 0.3) is 5.91 Å². The number of carbonyl (C=O) groups is 1. The molecule has 1 aromatic rings. The number of nitrogens with two attached hydrogens (primary N) is 1. The Morgan fingerprint density at radius 1 is 1.48 bits per heavy atom. The Morgan fingerprint density at radius 3 is 2.78 bits per heavy atom. The Bertz CT molecular complexity index is 493. The van der Waals surface area contributed by atoms with Crippen LogP contribution in [0.4, 0.5) is 0 Å². The number of morpholine rings is 1. The number of carbonyl (C=O) groups excluding carboxylic acids is 1. The molecule has 1 amide bonds. The second-order valence-electron chi connectivity index (χ2n) is 6.22. The second kappa shape index (κ2) is 9.25. The standard InChI is InChI=1S/C16H27N3O3.ClH/c1-4-5-6-12-8-19(9-14(22-12)11(2)3)16(20)13-10-21-15(7-17)18-13;/h10-12,14H,4-9,17H2,1-3H3;1H/t12-,14-;/m1./s1. The third-order valence-corrected chi connectivity index (χ3v) is 4.05. The largest absolute Gasteiger partial charge is 0.447 e. The molecular weight excluding hydrogens is 318 g/mol. The van der Waals surface area contributed by atoms with Gasteiger partial charge < -0.3 is 19.8 Å². The van der Waals surface area contributed by atoms with Crippen LogP contribution in [0.15, 0.2) is 10.7 Å². The summed E-state index contributed by atoms with van der Waals surface area (Å²) in [5, 5.41) is 0. The third-order valence-electron chi connectivity index (χ3n) is 4.05. The summed E-state index contributed by atoms with van der Waals surface area (Å²) in [6, 6.07) is 0. The minimum absolute atomic E-state index is 0. The topological polar surface area (TPSA) is 81.6 Å². The van der Waals surface area contributed by atoms with Crippen LogP contribution in [0.1, 0.15) is 56.4 Å². The fourth-order valence-electron chi connectivity index (χ4n) is 2.66. The summed E-state index contributed by atoms with van der Waals surface area (Å²) in [4.78, 5) is 18.6. The van der Waals surface area contributed by atoms with Crippen LogP contribution in [0.25, 0.3) is 0 Å². The lowest BCUT2D eigenvalue weighted by Gasteiger charge is -2.39. The van der Waals surface area contributed by atoms with Crippen molar-refractivity contribution in [2.45, 2.75) is 58.8 Å². The van der Waals surface area contributed by atoms with Gasteiger partial charge in [-0.05, 0) is 12.3 Å². The molecule has 1 aromatic heterocycles. The number of rotatable bonds is 6. The van der Waals surface area contributed by atoms with Crippen molar-refractivity contribution in [3.8, 4) is 0 Å². The Hall–Kier alpha value is -1.11. The second-order valence-corrected chi connectivity index (χ2v) is 6.22. The fraction of sp³-hybridized carbons (Fsp3) is 0.750. The lowest BCUT2D eigenvalue weighted by molar-refractivity contribution is -0.0963. The molecule has 2 heterocycles. The molecule has 7 heteroatoms. The highest BCUT2D eigenvalue weighted by Gasteiger charge is 2.33. The van der Waals surface area contributed by atoms with E-state index in [1.54, 1.807) is 0 Å². The van der Waals surface area contributed by atoms with E-state index in [0.717, 1.165) is 19.3 Å². The molecule has 1 aliphatic rings. The van der Waals surface area contributed by atoms with Crippen molar-refractivity contribution in [3.05, 3.63) is 17.8 Å². The summed E-state index contributed by atoms with van der Waals surface area (Å²) in [5.74, 6) is 0.662. The first kappa shape index (κ1) is 19.9. The van der Waals surface area contributed by atoms with Gasteiger partial charge in [-0.3, -0.25) is 4.79 Å². The predicted octanol–water partition coefficient (Wildman–Crippen LogP) is 2.61. The molecule has 0 bridgehead atoms. The SMILES string of the molecule is CCCC[C@@H]1CN(C(=O)c2coc(CN)n2)C[C@H](C(C)C)O1.Cl. The van der Waals surface area contributed by atoms with Crippen LogP contribution < -0.4 is 5.73 Å². The third kappa shape index (κ3) is 5.19. The molecule has 2 N–H and O–H groups in total. The van der Waals surface area contributed by atoms with Gasteiger partial charge in [0.2, 0.25) is 5.89 Å². The maximum Gasteiger partial charge on any atom is 0.275 e. The molecule has 23 heavy (non-hydrogen) atoms. The van der Waals surface area contributed by atoms with Gasteiger partial charge in [0, 0.05) is 13.1 Å². The number of ether oxygens (including phenoxy) is 1. The smallest absolute Gasteiger partial charge is 0.275 e. The number of nitrogens with zero attached hydrogens (tertiary/aromatic N) is 2. The van der Waals surface area contributed by atoms with Crippen molar-refractivity contribution < 1.29 is 13.9 Å². The molecule has 0 aliphatic carbocycles. The summed E-state index contributed by atoms with van der Waals surface area (Å²) < 4.78 is 11.3. The van der Waals surface area contributed by atoms with Gasteiger partial charge >= 0.3 is 0 Å². The Balaban J connectivity index is 0.00000264. The van der Waals surface area contributed by atoms with Crippen LogP contribution in [-0.2, 0) is 11.3 Å². The summed E-state index contributed by atoms with van der Waals surface area (Å²) >= 11 is 0. The fourth-order valence-corrected chi connectivity index (χ4v) is 2.66. The lowest BCUT2D eigenvalue weighted by Crippen LogP contribution is -2.51. The number of hydrogen-bond donors (Lipinski definition) is 1. The van der Waals surface area contributed by atoms with Crippen LogP contribution in [0.3, 0.4) is 0 Å². The monoisotopic (exact) mass is 345 g/mol. The van der Waals surface area contributed by atoms with Gasteiger partial charge in [0.1, 0.15) is 6.26 Å². The zero-order valence-corrected chi connectivity index (χ0v) is 15.0. The van der Waals surface area contributed by atoms with E-state index in [1.165, 1.54) is 6.26 Å². The molecule has 0 unspecified atom stereocenters. The summed E-state index contributed by atoms with van der Waals surface area (Å²) in [7, 11) is 0. The Morgan fingerprint density at radius 2 is 2.22 bits per heavy atom. The van der Waals surface area contributed by atoms with Crippen molar-refractivity contribution in [2.75, 3.05) is 13.1 Å². The molecule has 132 valence electrons. The zero-order chi connectivity index (χ0) is 16.1. The molecule has 0 radical (unpaired) electrons. The molecule has 1 fully saturated rings. The maximum atomic E-state index is 12.6. The molecule has 2 atom stereocenters.